The van der Waals surface area contributed by atoms with E-state index in [1.807, 2.05) is 7.11 Å². The first-order chi connectivity index (χ1) is 24.6. The molecule has 15 atom stereocenters. The first-order valence-electron chi connectivity index (χ1n) is 20.8. The fourth-order valence-corrected chi connectivity index (χ4v) is 11.7. The van der Waals surface area contributed by atoms with Gasteiger partial charge in [-0.05, 0) is 121 Å². The lowest BCUT2D eigenvalue weighted by molar-refractivity contribution is -0.193. The van der Waals surface area contributed by atoms with E-state index in [1.165, 1.54) is 6.42 Å². The van der Waals surface area contributed by atoms with E-state index in [1.54, 1.807) is 12.0 Å². The maximum absolute atomic E-state index is 14.3. The van der Waals surface area contributed by atoms with Crippen LogP contribution in [0.3, 0.4) is 0 Å². The van der Waals surface area contributed by atoms with Gasteiger partial charge >= 0.3 is 0 Å². The highest BCUT2D eigenvalue weighted by Gasteiger charge is 2.58. The number of hydroxylamine groups is 2. The summed E-state index contributed by atoms with van der Waals surface area (Å²) in [6, 6.07) is -0.139. The van der Waals surface area contributed by atoms with Crippen LogP contribution in [0.4, 0.5) is 0 Å². The number of hydrogen-bond acceptors (Lipinski definition) is 9. The van der Waals surface area contributed by atoms with Crippen LogP contribution < -0.4 is 10.6 Å². The predicted octanol–water partition coefficient (Wildman–Crippen LogP) is 3.77. The van der Waals surface area contributed by atoms with Crippen LogP contribution in [0, 0.1) is 52.8 Å². The van der Waals surface area contributed by atoms with E-state index in [0.717, 1.165) is 64.3 Å². The van der Waals surface area contributed by atoms with Gasteiger partial charge in [0.15, 0.2) is 0 Å². The number of amides is 2. The number of ether oxygens (including phenoxy) is 1. The fraction of sp³-hybridized carbons (Fsp3) is 0.951. The fourth-order valence-electron chi connectivity index (χ4n) is 11.7. The van der Waals surface area contributed by atoms with Crippen LogP contribution in [0.25, 0.3) is 0 Å². The van der Waals surface area contributed by atoms with E-state index in [-0.39, 0.29) is 54.4 Å². The molecule has 2 amide bonds. The molecule has 6 fully saturated rings. The molecule has 11 nitrogen and oxygen atoms in total. The van der Waals surface area contributed by atoms with Gasteiger partial charge in [0.2, 0.25) is 11.8 Å². The summed E-state index contributed by atoms with van der Waals surface area (Å²) in [4.78, 5) is 39.0. The van der Waals surface area contributed by atoms with E-state index < -0.39 is 24.2 Å². The molecule has 6 aliphatic rings. The Kier molecular flexibility index (Phi) is 14.2. The number of aliphatic hydroxyl groups excluding tert-OH is 2. The molecule has 0 aromatic heterocycles. The second-order valence-corrected chi connectivity index (χ2v) is 18.9. The van der Waals surface area contributed by atoms with Crippen molar-refractivity contribution < 1.29 is 29.4 Å². The van der Waals surface area contributed by atoms with Crippen LogP contribution in [0.15, 0.2) is 0 Å². The molecule has 0 aromatic rings. The van der Waals surface area contributed by atoms with Crippen molar-refractivity contribution in [1.29, 1.82) is 0 Å². The maximum atomic E-state index is 14.3. The van der Waals surface area contributed by atoms with E-state index in [4.69, 9.17) is 9.57 Å². The third-order valence-corrected chi connectivity index (χ3v) is 14.7. The molecule has 5 saturated carbocycles. The van der Waals surface area contributed by atoms with Crippen molar-refractivity contribution in [3.05, 3.63) is 0 Å². The minimum absolute atomic E-state index is 0.0450. The van der Waals surface area contributed by atoms with Crippen LogP contribution in [0.5, 0.6) is 0 Å². The number of nitrogens with one attached hydrogen (secondary N) is 2. The van der Waals surface area contributed by atoms with E-state index in [0.29, 0.717) is 41.7 Å². The zero-order valence-corrected chi connectivity index (χ0v) is 34.2. The molecule has 300 valence electrons. The average Bonchev–Trinajstić information content (AvgIpc) is 3.47. The summed E-state index contributed by atoms with van der Waals surface area (Å²) in [6.07, 6.45) is 8.47. The number of carbonyl (C=O) groups excluding carboxylic acids is 2. The van der Waals surface area contributed by atoms with Crippen LogP contribution in [0.1, 0.15) is 98.8 Å². The third kappa shape index (κ3) is 8.87. The lowest BCUT2D eigenvalue weighted by atomic mass is 9.45. The van der Waals surface area contributed by atoms with E-state index in [9.17, 15) is 19.8 Å². The zero-order chi connectivity index (χ0) is 38.1. The highest BCUT2D eigenvalue weighted by atomic mass is 16.7. The largest absolute Gasteiger partial charge is 0.394 e. The molecule has 52 heavy (non-hydrogen) atoms. The minimum atomic E-state index is -0.825. The summed E-state index contributed by atoms with van der Waals surface area (Å²) in [5.74, 6) is 1.80. The second-order valence-electron chi connectivity index (χ2n) is 18.9. The number of carbonyl (C=O) groups is 2. The molecule has 0 radical (unpaired) electrons. The first kappa shape index (κ1) is 41.8. The zero-order valence-electron chi connectivity index (χ0n) is 34.2. The monoisotopic (exact) mass is 734 g/mol. The number of aliphatic hydroxyl groups is 2. The number of rotatable bonds is 15. The molecular weight excluding hydrogens is 658 g/mol. The Morgan fingerprint density at radius 1 is 1.06 bits per heavy atom. The Bertz CT molecular complexity index is 1180. The Morgan fingerprint density at radius 2 is 1.79 bits per heavy atom. The van der Waals surface area contributed by atoms with Crippen molar-refractivity contribution in [2.75, 3.05) is 55.0 Å². The molecule has 11 heteroatoms. The van der Waals surface area contributed by atoms with Gasteiger partial charge in [-0.3, -0.25) is 14.4 Å². The van der Waals surface area contributed by atoms with Gasteiger partial charge in [-0.15, -0.1) is 0 Å². The molecule has 1 heterocycles. The highest BCUT2D eigenvalue weighted by Crippen LogP contribution is 2.61. The summed E-state index contributed by atoms with van der Waals surface area (Å²) < 4.78 is 6.41. The van der Waals surface area contributed by atoms with Gasteiger partial charge in [-0.1, -0.05) is 40.5 Å². The van der Waals surface area contributed by atoms with Crippen LogP contribution in [-0.4, -0.2) is 134 Å². The van der Waals surface area contributed by atoms with Crippen molar-refractivity contribution in [1.82, 2.24) is 25.5 Å². The van der Waals surface area contributed by atoms with Gasteiger partial charge in [0.05, 0.1) is 18.8 Å². The Morgan fingerprint density at radius 3 is 2.37 bits per heavy atom. The van der Waals surface area contributed by atoms with Crippen LogP contribution >= 0.6 is 0 Å². The standard InChI is InChI=1S/C41H75N5O6/c1-11-13-30(22-44(6)7)42-39(49)28-16-27(17-31(18-28)45(8)9)32-15-12-14-26(38(32)51-10)21-46-37(36(25(3)48)35(23-47)52-46)40(50)43-34-20-29-19-33(24(34)2)41(29,4)5/h24-38,47-48H,11-23H2,1-10H3,(H,42,49)(H,43,50)/t24-,25-,26?,27?,28?,29+,30-,31?,32?,33-,34-,35-,36+,37-,38?/m0/s1. The Balaban J connectivity index is 1.31. The third-order valence-electron chi connectivity index (χ3n) is 14.7. The Labute approximate surface area is 315 Å². The average molecular weight is 734 g/mol. The van der Waals surface area contributed by atoms with Gasteiger partial charge in [0.1, 0.15) is 12.1 Å². The second kappa shape index (κ2) is 17.6. The molecule has 6 unspecified atom stereocenters. The van der Waals surface area contributed by atoms with Gasteiger partial charge in [-0.25, -0.2) is 0 Å². The van der Waals surface area contributed by atoms with Crippen molar-refractivity contribution in [3.63, 3.8) is 0 Å². The highest BCUT2D eigenvalue weighted by molar-refractivity contribution is 5.83. The van der Waals surface area contributed by atoms with Crippen molar-refractivity contribution in [2.24, 2.45) is 52.8 Å². The van der Waals surface area contributed by atoms with Gasteiger partial charge in [0, 0.05) is 56.1 Å². The number of nitrogens with zero attached hydrogens (tertiary/aromatic N) is 3. The summed E-state index contributed by atoms with van der Waals surface area (Å²) in [5.41, 5.74) is 0.318. The number of fused-ring (bicyclic) bond motifs is 2. The molecule has 4 N–H and O–H groups in total. The lowest BCUT2D eigenvalue weighted by Crippen LogP contribution is -2.62. The molecular formula is C41H75N5O6. The molecule has 2 bridgehead atoms. The van der Waals surface area contributed by atoms with Crippen LogP contribution in [-0.2, 0) is 19.2 Å². The van der Waals surface area contributed by atoms with Crippen molar-refractivity contribution >= 4 is 11.8 Å². The molecule has 1 aliphatic heterocycles. The van der Waals surface area contributed by atoms with Crippen molar-refractivity contribution in [2.45, 2.75) is 141 Å². The predicted molar refractivity (Wildman–Crippen MR) is 204 cm³/mol. The topological polar surface area (TPSA) is 127 Å². The van der Waals surface area contributed by atoms with Gasteiger partial charge in [-0.2, -0.15) is 5.06 Å². The normalized spacial score (nSPS) is 40.3. The molecule has 6 rings (SSSR count). The summed E-state index contributed by atoms with van der Waals surface area (Å²) >= 11 is 0. The van der Waals surface area contributed by atoms with E-state index >= 15 is 0 Å². The number of hydrogen-bond donors (Lipinski definition) is 4. The SMILES string of the molecule is CCC[C@@H](CN(C)C)NC(=O)C1CC(C2CCCC(CN3O[C@@H](CO)[C@@H]([C@H](C)O)[C@H]3C(=O)N[C@H]3C[C@H]4C[C@@H]([C@@H]3C)C4(C)C)C2OC)CC(N(C)C)C1. The molecule has 5 aliphatic carbocycles. The quantitative estimate of drug-likeness (QED) is 0.199. The van der Waals surface area contributed by atoms with Gasteiger partial charge < -0.3 is 35.4 Å². The number of likely N-dealkylation sites (N-methyl/N-ethyl adjacent to an activating group) is 1. The minimum Gasteiger partial charge on any atom is -0.394 e. The summed E-state index contributed by atoms with van der Waals surface area (Å²) in [6.45, 7) is 12.0. The van der Waals surface area contributed by atoms with Crippen LogP contribution in [0.2, 0.25) is 0 Å². The lowest BCUT2D eigenvalue weighted by Gasteiger charge is -2.62. The smallest absolute Gasteiger partial charge is 0.240 e. The van der Waals surface area contributed by atoms with Gasteiger partial charge in [0.25, 0.3) is 0 Å². The summed E-state index contributed by atoms with van der Waals surface area (Å²) in [7, 11) is 10.2. The molecule has 0 spiro atoms. The first-order valence-corrected chi connectivity index (χ1v) is 20.8. The summed E-state index contributed by atoms with van der Waals surface area (Å²) in [5, 5.41) is 30.0. The maximum Gasteiger partial charge on any atom is 0.240 e. The number of methoxy groups -OCH3 is 1. The molecule has 1 saturated heterocycles. The Hall–Kier alpha value is -1.34. The molecule has 0 aromatic carbocycles. The van der Waals surface area contributed by atoms with Crippen molar-refractivity contribution in [3.8, 4) is 0 Å². The van der Waals surface area contributed by atoms with E-state index in [2.05, 4.69) is 76.3 Å².